The van der Waals surface area contributed by atoms with Crippen LogP contribution in [0.5, 0.6) is 0 Å². The molecule has 0 radical (unpaired) electrons. The van der Waals surface area contributed by atoms with Crippen LogP contribution in [0.15, 0.2) is 60.9 Å². The number of hydrogen-bond donors (Lipinski definition) is 2. The van der Waals surface area contributed by atoms with Crippen LogP contribution >= 0.6 is 11.6 Å². The summed E-state index contributed by atoms with van der Waals surface area (Å²) in [5.74, 6) is -0.407. The Morgan fingerprint density at radius 3 is 2.09 bits per heavy atom. The molecular formula is C18H16ClN3O. The fourth-order valence-electron chi connectivity index (χ4n) is 2.64. The molecule has 1 heterocycles. The monoisotopic (exact) mass is 325 g/mol. The maximum absolute atomic E-state index is 12.2. The number of amides is 1. The molecule has 5 heteroatoms. The van der Waals surface area contributed by atoms with Gasteiger partial charge in [-0.1, -0.05) is 48.0 Å². The van der Waals surface area contributed by atoms with Crippen LogP contribution < -0.4 is 5.73 Å². The van der Waals surface area contributed by atoms with Gasteiger partial charge in [-0.25, -0.2) is 0 Å². The lowest BCUT2D eigenvalue weighted by Gasteiger charge is -2.27. The Morgan fingerprint density at radius 1 is 1.04 bits per heavy atom. The van der Waals surface area contributed by atoms with Gasteiger partial charge in [-0.05, 0) is 35.7 Å². The highest BCUT2D eigenvalue weighted by Gasteiger charge is 2.35. The van der Waals surface area contributed by atoms with Gasteiger partial charge in [0.1, 0.15) is 0 Å². The minimum absolute atomic E-state index is 0.407. The van der Waals surface area contributed by atoms with Gasteiger partial charge in [-0.15, -0.1) is 0 Å². The topological polar surface area (TPSA) is 71.8 Å². The van der Waals surface area contributed by atoms with Crippen LogP contribution in [0.4, 0.5) is 0 Å². The molecule has 0 saturated carbocycles. The number of carbonyl (C=O) groups excluding carboxylic acids is 1. The number of benzene rings is 2. The number of nitrogens with one attached hydrogen (secondary N) is 1. The van der Waals surface area contributed by atoms with Gasteiger partial charge in [-0.3, -0.25) is 9.89 Å². The van der Waals surface area contributed by atoms with Crippen LogP contribution in [0.1, 0.15) is 18.1 Å². The molecule has 0 bridgehead atoms. The Kier molecular flexibility index (Phi) is 3.92. The van der Waals surface area contributed by atoms with Crippen molar-refractivity contribution in [2.75, 3.05) is 0 Å². The van der Waals surface area contributed by atoms with Crippen molar-refractivity contribution >= 4 is 17.5 Å². The number of primary amides is 1. The second kappa shape index (κ2) is 5.89. The first-order valence-electron chi connectivity index (χ1n) is 7.17. The average Bonchev–Trinajstić information content (AvgIpc) is 3.09. The van der Waals surface area contributed by atoms with Crippen molar-refractivity contribution < 1.29 is 4.79 Å². The van der Waals surface area contributed by atoms with Crippen molar-refractivity contribution in [1.29, 1.82) is 0 Å². The third kappa shape index (κ3) is 2.73. The van der Waals surface area contributed by atoms with E-state index < -0.39 is 11.3 Å². The predicted molar refractivity (Wildman–Crippen MR) is 91.1 cm³/mol. The number of aromatic nitrogens is 2. The lowest BCUT2D eigenvalue weighted by molar-refractivity contribution is -0.121. The summed E-state index contributed by atoms with van der Waals surface area (Å²) in [6.07, 6.45) is 3.57. The van der Waals surface area contributed by atoms with E-state index in [1.54, 1.807) is 18.3 Å². The van der Waals surface area contributed by atoms with Crippen LogP contribution in [0.2, 0.25) is 5.02 Å². The molecular weight excluding hydrogens is 310 g/mol. The minimum Gasteiger partial charge on any atom is -0.369 e. The van der Waals surface area contributed by atoms with Gasteiger partial charge in [0.2, 0.25) is 5.91 Å². The third-order valence-corrected chi connectivity index (χ3v) is 4.46. The normalized spacial score (nSPS) is 13.5. The number of aromatic amines is 1. The first-order valence-corrected chi connectivity index (χ1v) is 7.55. The Balaban J connectivity index is 2.04. The molecule has 1 amide bonds. The Hall–Kier alpha value is -2.59. The molecule has 1 atom stereocenters. The fraction of sp³-hybridized carbons (Fsp3) is 0.111. The second-order valence-corrected chi connectivity index (χ2v) is 6.00. The number of H-pyrrole nitrogens is 1. The average molecular weight is 326 g/mol. The summed E-state index contributed by atoms with van der Waals surface area (Å²) in [6.45, 7) is 1.82. The summed E-state index contributed by atoms with van der Waals surface area (Å²) in [4.78, 5) is 12.2. The van der Waals surface area contributed by atoms with Crippen LogP contribution in [0.25, 0.3) is 11.1 Å². The molecule has 4 nitrogen and oxygen atoms in total. The summed E-state index contributed by atoms with van der Waals surface area (Å²) < 4.78 is 0. The quantitative estimate of drug-likeness (QED) is 0.770. The van der Waals surface area contributed by atoms with Gasteiger partial charge in [-0.2, -0.15) is 5.10 Å². The molecule has 2 aromatic carbocycles. The van der Waals surface area contributed by atoms with E-state index in [0.717, 1.165) is 22.3 Å². The highest BCUT2D eigenvalue weighted by molar-refractivity contribution is 6.30. The number of rotatable bonds is 4. The van der Waals surface area contributed by atoms with Crippen molar-refractivity contribution in [3.63, 3.8) is 0 Å². The summed E-state index contributed by atoms with van der Waals surface area (Å²) >= 11 is 5.94. The molecule has 1 unspecified atom stereocenters. The van der Waals surface area contributed by atoms with E-state index in [1.165, 1.54) is 0 Å². The third-order valence-electron chi connectivity index (χ3n) is 4.21. The van der Waals surface area contributed by atoms with Gasteiger partial charge in [0, 0.05) is 16.8 Å². The zero-order valence-electron chi connectivity index (χ0n) is 12.6. The van der Waals surface area contributed by atoms with Gasteiger partial charge in [0.25, 0.3) is 0 Å². The van der Waals surface area contributed by atoms with Crippen LogP contribution in [0, 0.1) is 0 Å². The Labute approximate surface area is 139 Å². The first kappa shape index (κ1) is 15.3. The van der Waals surface area contributed by atoms with Gasteiger partial charge in [0.05, 0.1) is 11.6 Å². The molecule has 1 aromatic heterocycles. The summed E-state index contributed by atoms with van der Waals surface area (Å²) in [7, 11) is 0. The summed E-state index contributed by atoms with van der Waals surface area (Å²) in [5, 5.41) is 7.35. The van der Waals surface area contributed by atoms with E-state index in [1.807, 2.05) is 49.5 Å². The van der Waals surface area contributed by atoms with Gasteiger partial charge >= 0.3 is 0 Å². The van der Waals surface area contributed by atoms with Gasteiger partial charge < -0.3 is 5.73 Å². The minimum atomic E-state index is -0.917. The summed E-state index contributed by atoms with van der Waals surface area (Å²) in [6, 6.07) is 14.9. The van der Waals surface area contributed by atoms with Crippen molar-refractivity contribution in [3.05, 3.63) is 77.1 Å². The summed E-state index contributed by atoms with van der Waals surface area (Å²) in [5.41, 5.74) is 8.45. The van der Waals surface area contributed by atoms with Gasteiger partial charge in [0.15, 0.2) is 0 Å². The molecule has 3 N–H and O–H groups in total. The standard InChI is InChI=1S/C18H16ClN3O/c1-18(17(20)23,15-6-8-16(19)9-7-15)14-4-2-12(3-5-14)13-10-21-22-11-13/h2-11H,1H3,(H2,20,23)(H,21,22). The lowest BCUT2D eigenvalue weighted by Crippen LogP contribution is -2.39. The molecule has 116 valence electrons. The van der Waals surface area contributed by atoms with E-state index in [2.05, 4.69) is 10.2 Å². The van der Waals surface area contributed by atoms with E-state index in [-0.39, 0.29) is 0 Å². The zero-order valence-corrected chi connectivity index (χ0v) is 13.3. The van der Waals surface area contributed by atoms with E-state index in [0.29, 0.717) is 5.02 Å². The lowest BCUT2D eigenvalue weighted by atomic mass is 9.75. The van der Waals surface area contributed by atoms with E-state index >= 15 is 0 Å². The number of carbonyl (C=O) groups is 1. The van der Waals surface area contributed by atoms with Crippen molar-refractivity contribution in [3.8, 4) is 11.1 Å². The van der Waals surface area contributed by atoms with E-state index in [9.17, 15) is 4.79 Å². The molecule has 0 spiro atoms. The highest BCUT2D eigenvalue weighted by atomic mass is 35.5. The maximum Gasteiger partial charge on any atom is 0.232 e. The molecule has 0 fully saturated rings. The molecule has 0 aliphatic carbocycles. The molecule has 0 saturated heterocycles. The first-order chi connectivity index (χ1) is 11.0. The smallest absolute Gasteiger partial charge is 0.232 e. The predicted octanol–water partition coefficient (Wildman–Crippen LogP) is 3.52. The number of nitrogens with two attached hydrogens (primary N) is 1. The molecule has 0 aliphatic rings. The second-order valence-electron chi connectivity index (χ2n) is 5.56. The zero-order chi connectivity index (χ0) is 16.4. The Bertz CT molecular complexity index is 810. The van der Waals surface area contributed by atoms with Crippen LogP contribution in [0.3, 0.4) is 0 Å². The highest BCUT2D eigenvalue weighted by Crippen LogP contribution is 2.33. The fourth-order valence-corrected chi connectivity index (χ4v) is 2.77. The maximum atomic E-state index is 12.2. The van der Waals surface area contributed by atoms with Crippen molar-refractivity contribution in [2.24, 2.45) is 5.73 Å². The van der Waals surface area contributed by atoms with E-state index in [4.69, 9.17) is 17.3 Å². The largest absolute Gasteiger partial charge is 0.369 e. The molecule has 3 rings (SSSR count). The van der Waals surface area contributed by atoms with Crippen LogP contribution in [-0.4, -0.2) is 16.1 Å². The Morgan fingerprint density at radius 2 is 1.61 bits per heavy atom. The molecule has 0 aliphatic heterocycles. The van der Waals surface area contributed by atoms with Crippen LogP contribution in [-0.2, 0) is 10.2 Å². The number of hydrogen-bond acceptors (Lipinski definition) is 2. The molecule has 3 aromatic rings. The molecule has 23 heavy (non-hydrogen) atoms. The number of halogens is 1. The van der Waals surface area contributed by atoms with Crippen molar-refractivity contribution in [1.82, 2.24) is 10.2 Å². The van der Waals surface area contributed by atoms with Crippen molar-refractivity contribution in [2.45, 2.75) is 12.3 Å². The SMILES string of the molecule is CC(C(N)=O)(c1ccc(Cl)cc1)c1ccc(-c2cn[nH]c2)cc1. The number of nitrogens with zero attached hydrogens (tertiary/aromatic N) is 1.